The first-order valence-corrected chi connectivity index (χ1v) is 5.46. The summed E-state index contributed by atoms with van der Waals surface area (Å²) < 4.78 is 5.60. The van der Waals surface area contributed by atoms with E-state index in [-0.39, 0.29) is 0 Å². The minimum Gasteiger partial charge on any atom is -0.489 e. The Bertz CT molecular complexity index is 505. The van der Waals surface area contributed by atoms with Gasteiger partial charge >= 0.3 is 0 Å². The number of hydrogen-bond donors (Lipinski definition) is 2. The Morgan fingerprint density at radius 3 is 2.88 bits per heavy atom. The summed E-state index contributed by atoms with van der Waals surface area (Å²) in [4.78, 5) is 3.99. The van der Waals surface area contributed by atoms with Gasteiger partial charge in [-0.1, -0.05) is 29.8 Å². The molecule has 0 unspecified atom stereocenters. The fourth-order valence-corrected chi connectivity index (χ4v) is 1.55. The molecule has 2 rings (SSSR count). The average molecular weight is 250 g/mol. The number of hydrogen-bond acceptors (Lipinski definition) is 4. The molecular formula is C12H12ClN3O. The minimum atomic E-state index is 0.410. The predicted molar refractivity (Wildman–Crippen MR) is 67.8 cm³/mol. The summed E-state index contributed by atoms with van der Waals surface area (Å²) in [5.41, 5.74) is 3.40. The van der Waals surface area contributed by atoms with Crippen LogP contribution in [-0.2, 0) is 6.61 Å². The molecule has 0 bridgehead atoms. The summed E-state index contributed by atoms with van der Waals surface area (Å²) >= 11 is 6.02. The van der Waals surface area contributed by atoms with Gasteiger partial charge in [0, 0.05) is 22.8 Å². The molecule has 0 atom stereocenters. The van der Waals surface area contributed by atoms with Gasteiger partial charge in [0.05, 0.1) is 0 Å². The number of rotatable bonds is 4. The Morgan fingerprint density at radius 1 is 1.29 bits per heavy atom. The molecule has 0 spiro atoms. The molecule has 4 nitrogen and oxygen atoms in total. The molecule has 0 aliphatic rings. The molecule has 3 N–H and O–H groups in total. The lowest BCUT2D eigenvalue weighted by Gasteiger charge is -2.08. The van der Waals surface area contributed by atoms with Crippen LogP contribution in [0.4, 0.5) is 5.82 Å². The Morgan fingerprint density at radius 2 is 2.12 bits per heavy atom. The molecule has 0 saturated carbocycles. The van der Waals surface area contributed by atoms with Gasteiger partial charge in [-0.2, -0.15) is 0 Å². The number of nitrogens with zero attached hydrogens (tertiary/aromatic N) is 1. The van der Waals surface area contributed by atoms with Crippen molar-refractivity contribution >= 4 is 17.4 Å². The predicted octanol–water partition coefficient (Wildman–Crippen LogP) is 2.60. The number of aromatic nitrogens is 1. The van der Waals surface area contributed by atoms with Crippen molar-refractivity contribution in [3.63, 3.8) is 0 Å². The smallest absolute Gasteiger partial charge is 0.143 e. The summed E-state index contributed by atoms with van der Waals surface area (Å²) in [6.45, 7) is 0.410. The van der Waals surface area contributed by atoms with Gasteiger partial charge in [0.2, 0.25) is 0 Å². The number of anilines is 1. The Labute approximate surface area is 104 Å². The van der Waals surface area contributed by atoms with E-state index in [0.717, 1.165) is 5.56 Å². The van der Waals surface area contributed by atoms with Crippen LogP contribution in [0.25, 0.3) is 0 Å². The van der Waals surface area contributed by atoms with E-state index in [1.807, 2.05) is 24.3 Å². The second kappa shape index (κ2) is 5.52. The molecule has 0 aliphatic carbocycles. The monoisotopic (exact) mass is 249 g/mol. The van der Waals surface area contributed by atoms with Crippen LogP contribution in [-0.4, -0.2) is 4.98 Å². The van der Waals surface area contributed by atoms with E-state index in [1.165, 1.54) is 0 Å². The molecule has 5 heteroatoms. The molecule has 2 aromatic rings. The Hall–Kier alpha value is -1.78. The van der Waals surface area contributed by atoms with Crippen molar-refractivity contribution in [2.45, 2.75) is 6.61 Å². The first kappa shape index (κ1) is 11.7. The van der Waals surface area contributed by atoms with Crippen molar-refractivity contribution in [1.29, 1.82) is 0 Å². The number of benzene rings is 1. The van der Waals surface area contributed by atoms with Crippen molar-refractivity contribution in [3.05, 3.63) is 53.2 Å². The molecule has 1 aromatic carbocycles. The highest BCUT2D eigenvalue weighted by Crippen LogP contribution is 2.19. The van der Waals surface area contributed by atoms with E-state index in [2.05, 4.69) is 10.4 Å². The Kier molecular flexibility index (Phi) is 3.80. The standard InChI is InChI=1S/C12H12ClN3O/c13-11-4-2-1-3-9(11)8-17-10-5-6-15-12(7-10)16-14/h1-7H,8,14H2,(H,15,16). The van der Waals surface area contributed by atoms with Crippen LogP contribution < -0.4 is 16.0 Å². The maximum absolute atomic E-state index is 6.02. The molecule has 0 saturated heterocycles. The van der Waals surface area contributed by atoms with Gasteiger partial charge in [-0.25, -0.2) is 10.8 Å². The van der Waals surface area contributed by atoms with Crippen molar-refractivity contribution in [2.75, 3.05) is 5.43 Å². The molecular weight excluding hydrogens is 238 g/mol. The van der Waals surface area contributed by atoms with Crippen molar-refractivity contribution in [3.8, 4) is 5.75 Å². The fourth-order valence-electron chi connectivity index (χ4n) is 1.36. The second-order valence-electron chi connectivity index (χ2n) is 3.40. The number of nitrogens with two attached hydrogens (primary N) is 1. The third kappa shape index (κ3) is 3.09. The van der Waals surface area contributed by atoms with Gasteiger partial charge in [-0.3, -0.25) is 0 Å². The van der Waals surface area contributed by atoms with E-state index in [1.54, 1.807) is 18.3 Å². The third-order valence-corrected chi connectivity index (χ3v) is 2.60. The molecule has 1 aromatic heterocycles. The number of nitrogens with one attached hydrogen (secondary N) is 1. The summed E-state index contributed by atoms with van der Waals surface area (Å²) in [6, 6.07) is 11.0. The molecule has 1 heterocycles. The molecule has 0 amide bonds. The van der Waals surface area contributed by atoms with Crippen LogP contribution in [0.15, 0.2) is 42.6 Å². The number of ether oxygens (including phenoxy) is 1. The zero-order valence-electron chi connectivity index (χ0n) is 9.06. The van der Waals surface area contributed by atoms with Crippen LogP contribution in [0.3, 0.4) is 0 Å². The van der Waals surface area contributed by atoms with Crippen LogP contribution in [0.5, 0.6) is 5.75 Å². The highest BCUT2D eigenvalue weighted by Gasteiger charge is 2.01. The van der Waals surface area contributed by atoms with Gasteiger partial charge < -0.3 is 10.2 Å². The average Bonchev–Trinajstić information content (AvgIpc) is 2.38. The second-order valence-corrected chi connectivity index (χ2v) is 3.81. The maximum atomic E-state index is 6.02. The van der Waals surface area contributed by atoms with Gasteiger partial charge in [-0.05, 0) is 12.1 Å². The van der Waals surface area contributed by atoms with Crippen LogP contribution >= 0.6 is 11.6 Å². The zero-order valence-corrected chi connectivity index (χ0v) is 9.82. The highest BCUT2D eigenvalue weighted by atomic mass is 35.5. The third-order valence-electron chi connectivity index (χ3n) is 2.23. The normalized spacial score (nSPS) is 10.0. The van der Waals surface area contributed by atoms with Crippen molar-refractivity contribution in [2.24, 2.45) is 5.84 Å². The lowest BCUT2D eigenvalue weighted by Crippen LogP contribution is -2.08. The van der Waals surface area contributed by atoms with Crippen LogP contribution in [0.1, 0.15) is 5.56 Å². The zero-order chi connectivity index (χ0) is 12.1. The first-order valence-electron chi connectivity index (χ1n) is 5.08. The molecule has 0 aliphatic heterocycles. The highest BCUT2D eigenvalue weighted by molar-refractivity contribution is 6.31. The van der Waals surface area contributed by atoms with E-state index >= 15 is 0 Å². The van der Waals surface area contributed by atoms with Crippen molar-refractivity contribution in [1.82, 2.24) is 4.98 Å². The molecule has 0 fully saturated rings. The van der Waals surface area contributed by atoms with Crippen LogP contribution in [0.2, 0.25) is 5.02 Å². The number of pyridine rings is 1. The maximum Gasteiger partial charge on any atom is 0.143 e. The SMILES string of the molecule is NNc1cc(OCc2ccccc2Cl)ccn1. The molecule has 0 radical (unpaired) electrons. The van der Waals surface area contributed by atoms with E-state index in [0.29, 0.717) is 23.2 Å². The number of halogens is 1. The molecule has 17 heavy (non-hydrogen) atoms. The lowest BCUT2D eigenvalue weighted by molar-refractivity contribution is 0.306. The summed E-state index contributed by atoms with van der Waals surface area (Å²) in [6.07, 6.45) is 1.62. The van der Waals surface area contributed by atoms with Gasteiger partial charge in [0.25, 0.3) is 0 Å². The van der Waals surface area contributed by atoms with E-state index in [9.17, 15) is 0 Å². The summed E-state index contributed by atoms with van der Waals surface area (Å²) in [5.74, 6) is 6.51. The topological polar surface area (TPSA) is 60.2 Å². The van der Waals surface area contributed by atoms with Gasteiger partial charge in [0.15, 0.2) is 0 Å². The number of nitrogen functional groups attached to an aromatic ring is 1. The summed E-state index contributed by atoms with van der Waals surface area (Å²) in [5, 5.41) is 0.693. The lowest BCUT2D eigenvalue weighted by atomic mass is 10.2. The Balaban J connectivity index is 2.05. The van der Waals surface area contributed by atoms with Crippen LogP contribution in [0, 0.1) is 0 Å². The summed E-state index contributed by atoms with van der Waals surface area (Å²) in [7, 11) is 0. The van der Waals surface area contributed by atoms with Gasteiger partial charge in [0.1, 0.15) is 18.2 Å². The molecule has 88 valence electrons. The van der Waals surface area contributed by atoms with E-state index < -0.39 is 0 Å². The van der Waals surface area contributed by atoms with Crippen molar-refractivity contribution < 1.29 is 4.74 Å². The van der Waals surface area contributed by atoms with Gasteiger partial charge in [-0.15, -0.1) is 0 Å². The minimum absolute atomic E-state index is 0.410. The largest absolute Gasteiger partial charge is 0.489 e. The first-order chi connectivity index (χ1) is 8.29. The fraction of sp³-hybridized carbons (Fsp3) is 0.0833. The number of hydrazine groups is 1. The quantitative estimate of drug-likeness (QED) is 0.646. The van der Waals surface area contributed by atoms with E-state index in [4.69, 9.17) is 22.2 Å².